The Hall–Kier alpha value is -4.58. The minimum Gasteiger partial charge on any atom is -0.475 e. The molecular weight excluding hydrogens is 651 g/mol. The van der Waals surface area contributed by atoms with Crippen LogP contribution in [0.25, 0.3) is 11.3 Å². The molecule has 2 fully saturated rings. The average Bonchev–Trinajstić information content (AvgIpc) is 3.85. The van der Waals surface area contributed by atoms with Gasteiger partial charge >= 0.3 is 0 Å². The van der Waals surface area contributed by atoms with Gasteiger partial charge in [0.05, 0.1) is 41.3 Å². The number of rotatable bonds is 6. The Morgan fingerprint density at radius 3 is 2.34 bits per heavy atom. The lowest BCUT2D eigenvalue weighted by Gasteiger charge is -2.42. The van der Waals surface area contributed by atoms with Crippen LogP contribution in [-0.2, 0) is 16.6 Å². The molecule has 12 heteroatoms. The van der Waals surface area contributed by atoms with Gasteiger partial charge in [0.15, 0.2) is 0 Å². The maximum Gasteiger partial charge on any atom is 0.264 e. The highest BCUT2D eigenvalue weighted by molar-refractivity contribution is 7.92. The fourth-order valence-electron chi connectivity index (χ4n) is 7.32. The van der Waals surface area contributed by atoms with Crippen molar-refractivity contribution in [3.8, 4) is 17.1 Å². The molecule has 262 valence electrons. The highest BCUT2D eigenvalue weighted by Crippen LogP contribution is 2.61. The summed E-state index contributed by atoms with van der Waals surface area (Å²) in [5.74, 6) is 0.216. The quantitative estimate of drug-likeness (QED) is 0.238. The Balaban J connectivity index is 1.27. The number of fused-ring (bicyclic) bond motifs is 4. The Labute approximate surface area is 294 Å². The van der Waals surface area contributed by atoms with Crippen LogP contribution >= 0.6 is 0 Å². The van der Waals surface area contributed by atoms with Crippen molar-refractivity contribution >= 4 is 27.6 Å². The van der Waals surface area contributed by atoms with Gasteiger partial charge in [-0.2, -0.15) is 4.98 Å². The number of benzene rings is 2. The van der Waals surface area contributed by atoms with Crippen LogP contribution in [0.4, 0.5) is 11.6 Å². The number of carbonyl (C=O) groups excluding carboxylic acids is 1. The summed E-state index contributed by atoms with van der Waals surface area (Å²) in [5.41, 5.74) is 4.93. The van der Waals surface area contributed by atoms with Crippen molar-refractivity contribution in [2.24, 2.45) is 10.8 Å². The largest absolute Gasteiger partial charge is 0.475 e. The van der Waals surface area contributed by atoms with Crippen molar-refractivity contribution in [2.75, 3.05) is 23.3 Å². The number of aryl methyl sites for hydroxylation is 2. The summed E-state index contributed by atoms with van der Waals surface area (Å²) < 4.78 is 36.3. The van der Waals surface area contributed by atoms with E-state index in [9.17, 15) is 13.2 Å². The minimum atomic E-state index is -4.17. The second-order valence-electron chi connectivity index (χ2n) is 15.5. The molecule has 2 aliphatic carbocycles. The summed E-state index contributed by atoms with van der Waals surface area (Å²) in [6.45, 7) is 10.5. The maximum atomic E-state index is 14.5. The SMILES string of the molecule is Cc1cccc(C)c1-c1cc2nc(n1)NS(=O)(=O)c1cccc(c1)C(=O)N(Cc1ncc(N(C)C3CC4(CC4)C3)cn1)[C@H](CC(C)(C)C)CO2. The second-order valence-corrected chi connectivity index (χ2v) is 17.2. The predicted octanol–water partition coefficient (Wildman–Crippen LogP) is 6.57. The van der Waals surface area contributed by atoms with Gasteiger partial charge in [-0.3, -0.25) is 4.79 Å². The molecule has 2 aromatic heterocycles. The van der Waals surface area contributed by atoms with E-state index in [0.717, 1.165) is 22.4 Å². The van der Waals surface area contributed by atoms with Gasteiger partial charge in [0.1, 0.15) is 12.4 Å². The Morgan fingerprint density at radius 2 is 1.68 bits per heavy atom. The van der Waals surface area contributed by atoms with Crippen LogP contribution in [-0.4, -0.2) is 64.9 Å². The average molecular weight is 696 g/mol. The van der Waals surface area contributed by atoms with E-state index in [1.807, 2.05) is 44.4 Å². The van der Waals surface area contributed by atoms with Gasteiger partial charge in [-0.1, -0.05) is 45.0 Å². The number of anilines is 2. The molecule has 2 aromatic carbocycles. The molecule has 4 bridgehead atoms. The first-order chi connectivity index (χ1) is 23.7. The van der Waals surface area contributed by atoms with Crippen molar-refractivity contribution in [2.45, 2.75) is 90.2 Å². The summed E-state index contributed by atoms with van der Waals surface area (Å²) >= 11 is 0. The number of sulfonamides is 1. The standard InChI is InChI=1S/C38H45N7O4S/c1-24-9-7-10-25(2)34(24)31-16-33-42-36(41-31)43-50(47,48)30-12-8-11-26(15-30)35(46)45(28(23-49-33)17-37(3,4)5)22-32-39-20-29(21-40-32)44(6)27-18-38(19-27)13-14-38/h7-12,15-16,20-21,27-28H,13-14,17-19,22-23H2,1-6H3,(H,41,42,43)/t28-/m1/s1. The molecule has 50 heavy (non-hydrogen) atoms. The summed E-state index contributed by atoms with van der Waals surface area (Å²) in [7, 11) is -2.08. The number of carbonyl (C=O) groups is 1. The van der Waals surface area contributed by atoms with Gasteiger partial charge in [0.2, 0.25) is 11.8 Å². The van der Waals surface area contributed by atoms with Crippen molar-refractivity contribution in [1.29, 1.82) is 0 Å². The molecular formula is C38H45N7O4S. The number of hydrogen-bond donors (Lipinski definition) is 1. The molecule has 3 aliphatic rings. The molecule has 1 atom stereocenters. The van der Waals surface area contributed by atoms with E-state index in [1.165, 1.54) is 37.8 Å². The molecule has 0 unspecified atom stereocenters. The molecule has 7 rings (SSSR count). The maximum absolute atomic E-state index is 14.5. The van der Waals surface area contributed by atoms with Crippen LogP contribution in [0.15, 0.2) is 65.8 Å². The molecule has 3 heterocycles. The molecule has 4 aromatic rings. The Bertz CT molecular complexity index is 2010. The smallest absolute Gasteiger partial charge is 0.264 e. The molecule has 1 amide bonds. The summed E-state index contributed by atoms with van der Waals surface area (Å²) in [4.78, 5) is 36.9. The van der Waals surface area contributed by atoms with Gasteiger partial charge in [0.25, 0.3) is 15.9 Å². The number of ether oxygens (including phenoxy) is 1. The topological polar surface area (TPSA) is 131 Å². The van der Waals surface area contributed by atoms with E-state index in [4.69, 9.17) is 14.7 Å². The molecule has 1 N–H and O–H groups in total. The van der Waals surface area contributed by atoms with Crippen molar-refractivity contribution in [3.63, 3.8) is 0 Å². The zero-order chi connectivity index (χ0) is 35.4. The normalized spacial score (nSPS) is 19.7. The minimum absolute atomic E-state index is 0.0777. The third-order valence-electron chi connectivity index (χ3n) is 10.3. The first-order valence-electron chi connectivity index (χ1n) is 17.2. The number of aromatic nitrogens is 4. The first kappa shape index (κ1) is 33.9. The Morgan fingerprint density at radius 1 is 1.00 bits per heavy atom. The molecule has 11 nitrogen and oxygen atoms in total. The van der Waals surface area contributed by atoms with E-state index in [1.54, 1.807) is 23.1 Å². The van der Waals surface area contributed by atoms with Gasteiger partial charge < -0.3 is 14.5 Å². The number of nitrogens with zero attached hydrogens (tertiary/aromatic N) is 6. The summed E-state index contributed by atoms with van der Waals surface area (Å²) in [6.07, 6.45) is 9.36. The highest BCUT2D eigenvalue weighted by atomic mass is 32.2. The summed E-state index contributed by atoms with van der Waals surface area (Å²) in [5, 5.41) is 0. The van der Waals surface area contributed by atoms with Gasteiger partial charge in [0, 0.05) is 30.3 Å². The fourth-order valence-corrected chi connectivity index (χ4v) is 8.31. The van der Waals surface area contributed by atoms with E-state index in [0.29, 0.717) is 29.4 Å². The van der Waals surface area contributed by atoms with E-state index >= 15 is 0 Å². The first-order valence-corrected chi connectivity index (χ1v) is 18.7. The lowest BCUT2D eigenvalue weighted by molar-refractivity contribution is 0.0505. The third-order valence-corrected chi connectivity index (χ3v) is 11.6. The Kier molecular flexibility index (Phi) is 8.56. The van der Waals surface area contributed by atoms with E-state index in [2.05, 4.69) is 47.4 Å². The van der Waals surface area contributed by atoms with Crippen molar-refractivity contribution < 1.29 is 17.9 Å². The summed E-state index contributed by atoms with van der Waals surface area (Å²) in [6, 6.07) is 13.8. The van der Waals surface area contributed by atoms with Crippen LogP contribution in [0.3, 0.4) is 0 Å². The molecule has 1 spiro atoms. The van der Waals surface area contributed by atoms with Crippen molar-refractivity contribution in [3.05, 3.63) is 83.4 Å². The third kappa shape index (κ3) is 7.03. The van der Waals surface area contributed by atoms with Gasteiger partial charge in [-0.25, -0.2) is 28.1 Å². The molecule has 0 saturated heterocycles. The van der Waals surface area contributed by atoms with Crippen LogP contribution < -0.4 is 14.4 Å². The van der Waals surface area contributed by atoms with Crippen LogP contribution in [0.1, 0.15) is 80.2 Å². The van der Waals surface area contributed by atoms with Crippen molar-refractivity contribution in [1.82, 2.24) is 24.8 Å². The van der Waals surface area contributed by atoms with Gasteiger partial charge in [-0.05, 0) is 86.1 Å². The molecule has 0 radical (unpaired) electrons. The van der Waals surface area contributed by atoms with E-state index < -0.39 is 16.1 Å². The zero-order valence-electron chi connectivity index (χ0n) is 29.6. The molecule has 2 saturated carbocycles. The predicted molar refractivity (Wildman–Crippen MR) is 193 cm³/mol. The lowest BCUT2D eigenvalue weighted by Crippen LogP contribution is -2.45. The number of nitrogens with one attached hydrogen (secondary N) is 1. The second kappa shape index (κ2) is 12.6. The molecule has 1 aliphatic heterocycles. The van der Waals surface area contributed by atoms with Crippen LogP contribution in [0.5, 0.6) is 5.88 Å². The highest BCUT2D eigenvalue weighted by Gasteiger charge is 2.54. The number of amides is 1. The van der Waals surface area contributed by atoms with E-state index in [-0.39, 0.29) is 46.8 Å². The lowest BCUT2D eigenvalue weighted by atomic mass is 9.76. The number of hydrogen-bond acceptors (Lipinski definition) is 9. The van der Waals surface area contributed by atoms with Crippen LogP contribution in [0, 0.1) is 24.7 Å². The zero-order valence-corrected chi connectivity index (χ0v) is 30.4. The van der Waals surface area contributed by atoms with Gasteiger partial charge in [-0.15, -0.1) is 0 Å². The van der Waals surface area contributed by atoms with Crippen LogP contribution in [0.2, 0.25) is 0 Å². The fraction of sp³-hybridized carbons (Fsp3) is 0.447. The monoisotopic (exact) mass is 695 g/mol.